The Morgan fingerprint density at radius 2 is 2.15 bits per heavy atom. The molecule has 0 radical (unpaired) electrons. The summed E-state index contributed by atoms with van der Waals surface area (Å²) in [7, 11) is 1.43. The van der Waals surface area contributed by atoms with Crippen LogP contribution in [0.3, 0.4) is 0 Å². The maximum atomic E-state index is 12.4. The molecule has 1 aliphatic carbocycles. The number of nitrogens with one attached hydrogen (secondary N) is 1. The van der Waals surface area contributed by atoms with Crippen LogP contribution in [0, 0.1) is 17.8 Å². The van der Waals surface area contributed by atoms with Crippen molar-refractivity contribution >= 4 is 22.6 Å². The molecule has 2 aliphatic heterocycles. The zero-order valence-corrected chi connectivity index (χ0v) is 15.1. The lowest BCUT2D eigenvalue weighted by atomic mass is 9.66. The number of hydrogen-bond acceptors (Lipinski definition) is 3. The summed E-state index contributed by atoms with van der Waals surface area (Å²) in [5, 5.41) is 11.8. The maximum absolute atomic E-state index is 12.4. The molecule has 0 amide bonds. The van der Waals surface area contributed by atoms with Gasteiger partial charge in [0.05, 0.1) is 19.1 Å². The van der Waals surface area contributed by atoms with Crippen LogP contribution in [0.2, 0.25) is 0 Å². The van der Waals surface area contributed by atoms with E-state index in [9.17, 15) is 9.90 Å². The number of ether oxygens (including phenoxy) is 1. The van der Waals surface area contributed by atoms with Crippen LogP contribution in [0.5, 0.6) is 0 Å². The largest absolute Gasteiger partial charge is 0.469 e. The van der Waals surface area contributed by atoms with Crippen LogP contribution in [0.15, 0.2) is 24.3 Å². The van der Waals surface area contributed by atoms with E-state index in [0.717, 1.165) is 32.4 Å². The Balaban J connectivity index is 1.57. The van der Waals surface area contributed by atoms with E-state index in [4.69, 9.17) is 4.74 Å². The minimum absolute atomic E-state index is 0.162. The standard InChI is InChI=1S/C21H24N2O3/c1-26-21(25)19-15-10-17-20-14(13-4-2-3-5-16(13)22-20)8-9-23(17)11-12(15)6-7-18(19)24/h2-5,12,15,18-19,24H,6-11H2,1H3/p+1/t12-,15-,18-,19+/m0/s1. The Morgan fingerprint density at radius 3 is 3.00 bits per heavy atom. The molecule has 5 rings (SSSR count). The summed E-state index contributed by atoms with van der Waals surface area (Å²) in [4.78, 5) is 16.0. The van der Waals surface area contributed by atoms with Gasteiger partial charge in [0.1, 0.15) is 18.8 Å². The third kappa shape index (κ3) is 2.26. The number of hydrogen-bond donors (Lipinski definition) is 2. The fraction of sp³-hybridized carbons (Fsp3) is 0.524. The van der Waals surface area contributed by atoms with Crippen molar-refractivity contribution < 1.29 is 19.2 Å². The predicted octanol–water partition coefficient (Wildman–Crippen LogP) is 2.11. The van der Waals surface area contributed by atoms with Gasteiger partial charge in [-0.15, -0.1) is 0 Å². The average molecular weight is 353 g/mol. The number of carbonyl (C=O) groups is 1. The van der Waals surface area contributed by atoms with Crippen LogP contribution in [-0.4, -0.2) is 52.7 Å². The highest BCUT2D eigenvalue weighted by atomic mass is 16.5. The highest BCUT2D eigenvalue weighted by Crippen LogP contribution is 2.42. The minimum atomic E-state index is -0.582. The minimum Gasteiger partial charge on any atom is -0.469 e. The smallest absolute Gasteiger partial charge is 0.311 e. The van der Waals surface area contributed by atoms with Crippen LogP contribution >= 0.6 is 0 Å². The molecule has 1 aromatic heterocycles. The number of fused-ring (bicyclic) bond motifs is 5. The second kappa shape index (κ2) is 5.95. The fourth-order valence-corrected chi connectivity index (χ4v) is 5.53. The molecule has 2 aromatic rings. The molecule has 26 heavy (non-hydrogen) atoms. The summed E-state index contributed by atoms with van der Waals surface area (Å²) in [6.45, 7) is 2.02. The van der Waals surface area contributed by atoms with E-state index in [0.29, 0.717) is 12.3 Å². The Morgan fingerprint density at radius 1 is 1.31 bits per heavy atom. The van der Waals surface area contributed by atoms with Gasteiger partial charge in [0.2, 0.25) is 0 Å². The average Bonchev–Trinajstić information content (AvgIpc) is 3.05. The Kier molecular flexibility index (Phi) is 3.67. The zero-order chi connectivity index (χ0) is 17.8. The number of carbonyl (C=O) groups excluding carboxylic acids is 1. The van der Waals surface area contributed by atoms with Crippen LogP contribution in [-0.2, 0) is 16.0 Å². The van der Waals surface area contributed by atoms with Crippen molar-refractivity contribution in [3.8, 4) is 0 Å². The first kappa shape index (κ1) is 16.1. The molecule has 0 bridgehead atoms. The van der Waals surface area contributed by atoms with Crippen molar-refractivity contribution in [3.05, 3.63) is 35.5 Å². The Labute approximate surface area is 152 Å². The number of benzene rings is 1. The zero-order valence-electron chi connectivity index (χ0n) is 15.1. The number of para-hydroxylation sites is 1. The van der Waals surface area contributed by atoms with Gasteiger partial charge in [-0.2, -0.15) is 0 Å². The number of esters is 1. The molecule has 4 atom stereocenters. The molecular weight excluding hydrogens is 328 g/mol. The quantitative estimate of drug-likeness (QED) is 0.610. The van der Waals surface area contributed by atoms with Crippen LogP contribution in [0.25, 0.3) is 10.9 Å². The second-order valence-electron chi connectivity index (χ2n) is 7.99. The molecule has 0 unspecified atom stereocenters. The molecule has 0 saturated heterocycles. The van der Waals surface area contributed by atoms with E-state index >= 15 is 0 Å². The van der Waals surface area contributed by atoms with Crippen LogP contribution in [0.4, 0.5) is 0 Å². The van der Waals surface area contributed by atoms with Crippen molar-refractivity contribution in [3.63, 3.8) is 0 Å². The van der Waals surface area contributed by atoms with Gasteiger partial charge in [-0.05, 0) is 30.4 Å². The van der Waals surface area contributed by atoms with E-state index in [1.54, 1.807) is 0 Å². The molecule has 1 saturated carbocycles. The normalized spacial score (nSPS) is 30.5. The molecule has 3 heterocycles. The van der Waals surface area contributed by atoms with Gasteiger partial charge in [-0.3, -0.25) is 4.79 Å². The molecule has 1 aromatic carbocycles. The molecule has 5 nitrogen and oxygen atoms in total. The molecule has 5 heteroatoms. The molecule has 1 fully saturated rings. The number of aliphatic hydroxyl groups excluding tert-OH is 1. The summed E-state index contributed by atoms with van der Waals surface area (Å²) in [6, 6.07) is 8.48. The predicted molar refractivity (Wildman–Crippen MR) is 98.4 cm³/mol. The SMILES string of the molecule is COC(=O)[C@@H]1[C@H]2CC3=[N+](CCc4c3[nH]c3ccccc43)C[C@@H]2CC[C@@H]1O. The first-order valence-electron chi connectivity index (χ1n) is 9.64. The van der Waals surface area contributed by atoms with E-state index < -0.39 is 12.0 Å². The lowest BCUT2D eigenvalue weighted by Gasteiger charge is -2.41. The van der Waals surface area contributed by atoms with Gasteiger partial charge in [-0.1, -0.05) is 18.2 Å². The van der Waals surface area contributed by atoms with Crippen molar-refractivity contribution in [2.24, 2.45) is 17.8 Å². The monoisotopic (exact) mass is 353 g/mol. The fourth-order valence-electron chi connectivity index (χ4n) is 5.53. The Bertz CT molecular complexity index is 913. The number of aliphatic hydroxyl groups is 1. The molecule has 3 aliphatic rings. The van der Waals surface area contributed by atoms with E-state index in [1.165, 1.54) is 35.0 Å². The number of H-pyrrole nitrogens is 1. The summed E-state index contributed by atoms with van der Waals surface area (Å²) >= 11 is 0. The van der Waals surface area contributed by atoms with Gasteiger partial charge in [0, 0.05) is 29.7 Å². The second-order valence-corrected chi connectivity index (χ2v) is 7.99. The third-order valence-corrected chi connectivity index (χ3v) is 6.79. The van der Waals surface area contributed by atoms with Crippen molar-refractivity contribution in [1.82, 2.24) is 4.98 Å². The number of rotatable bonds is 1. The van der Waals surface area contributed by atoms with Gasteiger partial charge in [0.25, 0.3) is 0 Å². The van der Waals surface area contributed by atoms with Gasteiger partial charge >= 0.3 is 5.97 Å². The van der Waals surface area contributed by atoms with Crippen molar-refractivity contribution in [1.29, 1.82) is 0 Å². The lowest BCUT2D eigenvalue weighted by molar-refractivity contribution is -0.545. The van der Waals surface area contributed by atoms with E-state index in [2.05, 4.69) is 33.8 Å². The highest BCUT2D eigenvalue weighted by Gasteiger charge is 2.50. The van der Waals surface area contributed by atoms with Gasteiger partial charge in [-0.25, -0.2) is 4.58 Å². The molecule has 136 valence electrons. The first-order chi connectivity index (χ1) is 12.7. The maximum Gasteiger partial charge on any atom is 0.311 e. The third-order valence-electron chi connectivity index (χ3n) is 6.79. The molecule has 2 N–H and O–H groups in total. The van der Waals surface area contributed by atoms with Crippen molar-refractivity contribution in [2.45, 2.75) is 31.8 Å². The summed E-state index contributed by atoms with van der Waals surface area (Å²) in [5.74, 6) is -0.0379. The highest BCUT2D eigenvalue weighted by molar-refractivity contribution is 6.03. The number of aromatic amines is 1. The number of aromatic nitrogens is 1. The first-order valence-corrected chi connectivity index (χ1v) is 9.64. The van der Waals surface area contributed by atoms with Gasteiger partial charge in [0.15, 0.2) is 5.71 Å². The van der Waals surface area contributed by atoms with Gasteiger partial charge < -0.3 is 14.8 Å². The molecular formula is C21H25N2O3+. The topological polar surface area (TPSA) is 65.3 Å². The molecule has 0 spiro atoms. The van der Waals surface area contributed by atoms with Crippen LogP contribution in [0.1, 0.15) is 30.5 Å². The van der Waals surface area contributed by atoms with Crippen molar-refractivity contribution in [2.75, 3.05) is 20.2 Å². The number of methoxy groups -OCH3 is 1. The lowest BCUT2D eigenvalue weighted by Crippen LogP contribution is -2.51. The van der Waals surface area contributed by atoms with Crippen LogP contribution < -0.4 is 0 Å². The number of nitrogens with zero attached hydrogens (tertiary/aromatic N) is 1. The summed E-state index contributed by atoms with van der Waals surface area (Å²) in [5.41, 5.74) is 5.13. The van der Waals surface area contributed by atoms with E-state index in [-0.39, 0.29) is 11.9 Å². The summed E-state index contributed by atoms with van der Waals surface area (Å²) < 4.78 is 7.54. The summed E-state index contributed by atoms with van der Waals surface area (Å²) in [6.07, 6.45) is 3.00. The Hall–Kier alpha value is -2.14. The van der Waals surface area contributed by atoms with E-state index in [1.807, 2.05) is 0 Å².